The summed E-state index contributed by atoms with van der Waals surface area (Å²) in [7, 11) is 0. The van der Waals surface area contributed by atoms with Crippen LogP contribution in [0.15, 0.2) is 78.9 Å². The first-order valence-corrected chi connectivity index (χ1v) is 8.23. The number of carbonyl (C=O) groups is 1. The van der Waals surface area contributed by atoms with Crippen LogP contribution in [0.1, 0.15) is 15.9 Å². The molecule has 0 bridgehead atoms. The van der Waals surface area contributed by atoms with Gasteiger partial charge in [0.1, 0.15) is 5.75 Å². The van der Waals surface area contributed by atoms with Gasteiger partial charge in [0, 0.05) is 5.56 Å². The maximum absolute atomic E-state index is 13.1. The van der Waals surface area contributed by atoms with Crippen molar-refractivity contribution in [1.29, 1.82) is 0 Å². The van der Waals surface area contributed by atoms with Gasteiger partial charge in [0.05, 0.1) is 5.56 Å². The molecule has 0 fully saturated rings. The number of phenolic OH excluding ortho intramolecular Hbond substituents is 1. The summed E-state index contributed by atoms with van der Waals surface area (Å²) >= 11 is 0. The second-order valence-electron chi connectivity index (χ2n) is 6.32. The first-order valence-electron chi connectivity index (χ1n) is 8.23. The second kappa shape index (κ2) is 5.05. The maximum atomic E-state index is 13.1. The lowest BCUT2D eigenvalue weighted by Crippen LogP contribution is -2.03. The average molecular weight is 322 g/mol. The van der Waals surface area contributed by atoms with E-state index in [2.05, 4.69) is 18.2 Å². The van der Waals surface area contributed by atoms with Crippen molar-refractivity contribution in [3.63, 3.8) is 0 Å². The molecule has 0 radical (unpaired) electrons. The van der Waals surface area contributed by atoms with Crippen LogP contribution in [0, 0.1) is 0 Å². The molecule has 2 heteroatoms. The standard InChI is InChI=1S/C23H14O2/c24-19-13-17-10-9-14-7-4-8-15-11-12-18(21(17)20(14)15)22(19)23(25)16-5-2-1-3-6-16/h1-13,24H. The van der Waals surface area contributed by atoms with E-state index in [1.54, 1.807) is 18.2 Å². The normalized spacial score (nSPS) is 11.5. The van der Waals surface area contributed by atoms with E-state index in [1.807, 2.05) is 42.5 Å². The predicted molar refractivity (Wildman–Crippen MR) is 102 cm³/mol. The van der Waals surface area contributed by atoms with Crippen molar-refractivity contribution < 1.29 is 9.90 Å². The Kier molecular flexibility index (Phi) is 2.83. The number of rotatable bonds is 2. The number of ketones is 1. The molecule has 0 aromatic heterocycles. The van der Waals surface area contributed by atoms with Crippen molar-refractivity contribution in [2.45, 2.75) is 0 Å². The molecule has 0 aliphatic heterocycles. The molecule has 0 amide bonds. The van der Waals surface area contributed by atoms with Gasteiger partial charge in [-0.15, -0.1) is 0 Å². The summed E-state index contributed by atoms with van der Waals surface area (Å²) in [6, 6.07) is 25.0. The molecule has 0 heterocycles. The smallest absolute Gasteiger partial charge is 0.197 e. The monoisotopic (exact) mass is 322 g/mol. The van der Waals surface area contributed by atoms with Crippen LogP contribution in [0.5, 0.6) is 5.75 Å². The molecule has 25 heavy (non-hydrogen) atoms. The number of aromatic hydroxyl groups is 1. The van der Waals surface area contributed by atoms with Gasteiger partial charge in [-0.3, -0.25) is 4.79 Å². The predicted octanol–water partition coefficient (Wildman–Crippen LogP) is 5.52. The Morgan fingerprint density at radius 1 is 0.680 bits per heavy atom. The minimum atomic E-state index is -0.156. The molecule has 0 unspecified atom stereocenters. The first kappa shape index (κ1) is 14.0. The molecule has 5 aromatic rings. The second-order valence-corrected chi connectivity index (χ2v) is 6.32. The third-order valence-electron chi connectivity index (χ3n) is 4.89. The zero-order valence-electron chi connectivity index (χ0n) is 13.4. The molecule has 0 saturated heterocycles. The SMILES string of the molecule is O=C(c1ccccc1)c1c(O)cc2ccc3cccc4ccc1c2c34. The van der Waals surface area contributed by atoms with Gasteiger partial charge in [-0.05, 0) is 38.4 Å². The highest BCUT2D eigenvalue weighted by Gasteiger charge is 2.20. The highest BCUT2D eigenvalue weighted by Crippen LogP contribution is 2.40. The summed E-state index contributed by atoms with van der Waals surface area (Å²) in [5, 5.41) is 16.8. The van der Waals surface area contributed by atoms with E-state index in [0.717, 1.165) is 32.3 Å². The van der Waals surface area contributed by atoms with Gasteiger partial charge >= 0.3 is 0 Å². The highest BCUT2D eigenvalue weighted by atomic mass is 16.3. The van der Waals surface area contributed by atoms with Crippen molar-refractivity contribution >= 4 is 38.1 Å². The Balaban J connectivity index is 1.94. The van der Waals surface area contributed by atoms with Crippen molar-refractivity contribution in [3.8, 4) is 5.75 Å². The number of hydrogen-bond acceptors (Lipinski definition) is 2. The summed E-state index contributed by atoms with van der Waals surface area (Å²) in [5.41, 5.74) is 0.949. The molecule has 0 saturated carbocycles. The van der Waals surface area contributed by atoms with E-state index in [1.165, 1.54) is 0 Å². The van der Waals surface area contributed by atoms with Crippen LogP contribution >= 0.6 is 0 Å². The molecule has 118 valence electrons. The van der Waals surface area contributed by atoms with E-state index in [0.29, 0.717) is 11.1 Å². The molecule has 0 atom stereocenters. The Hall–Kier alpha value is -3.39. The topological polar surface area (TPSA) is 37.3 Å². The zero-order valence-corrected chi connectivity index (χ0v) is 13.4. The Morgan fingerprint density at radius 2 is 1.36 bits per heavy atom. The van der Waals surface area contributed by atoms with Crippen molar-refractivity contribution in [2.75, 3.05) is 0 Å². The Morgan fingerprint density at radius 3 is 2.12 bits per heavy atom. The fraction of sp³-hybridized carbons (Fsp3) is 0. The maximum Gasteiger partial charge on any atom is 0.197 e. The van der Waals surface area contributed by atoms with Gasteiger partial charge in [0.25, 0.3) is 0 Å². The summed E-state index contributed by atoms with van der Waals surface area (Å²) in [6.45, 7) is 0. The number of benzene rings is 5. The lowest BCUT2D eigenvalue weighted by atomic mass is 9.89. The van der Waals surface area contributed by atoms with E-state index in [9.17, 15) is 9.90 Å². The van der Waals surface area contributed by atoms with Gasteiger partial charge < -0.3 is 5.11 Å². The van der Waals surface area contributed by atoms with Crippen LogP contribution in [0.3, 0.4) is 0 Å². The molecule has 5 aromatic carbocycles. The Bertz CT molecular complexity index is 1240. The highest BCUT2D eigenvalue weighted by molar-refractivity contribution is 6.29. The number of phenols is 1. The molecule has 5 rings (SSSR count). The van der Waals surface area contributed by atoms with E-state index < -0.39 is 0 Å². The fourth-order valence-corrected chi connectivity index (χ4v) is 3.77. The third-order valence-corrected chi connectivity index (χ3v) is 4.89. The molecule has 0 spiro atoms. The molecule has 2 nitrogen and oxygen atoms in total. The first-order chi connectivity index (χ1) is 12.2. The van der Waals surface area contributed by atoms with Crippen molar-refractivity contribution in [3.05, 3.63) is 90.0 Å². The van der Waals surface area contributed by atoms with Crippen LogP contribution in [-0.2, 0) is 0 Å². The van der Waals surface area contributed by atoms with Gasteiger partial charge in [-0.2, -0.15) is 0 Å². The fourth-order valence-electron chi connectivity index (χ4n) is 3.77. The molecular formula is C23H14O2. The molecule has 1 N–H and O–H groups in total. The van der Waals surface area contributed by atoms with Crippen molar-refractivity contribution in [1.82, 2.24) is 0 Å². The van der Waals surface area contributed by atoms with Crippen molar-refractivity contribution in [2.24, 2.45) is 0 Å². The summed E-state index contributed by atoms with van der Waals surface area (Å²) in [4.78, 5) is 13.1. The lowest BCUT2D eigenvalue weighted by Gasteiger charge is -2.15. The minimum absolute atomic E-state index is 0.0275. The minimum Gasteiger partial charge on any atom is -0.507 e. The molecule has 0 aliphatic rings. The van der Waals surface area contributed by atoms with Gasteiger partial charge in [0.15, 0.2) is 5.78 Å². The summed E-state index contributed by atoms with van der Waals surface area (Å²) in [6.07, 6.45) is 0. The van der Waals surface area contributed by atoms with E-state index in [4.69, 9.17) is 0 Å². The lowest BCUT2D eigenvalue weighted by molar-refractivity contribution is 0.103. The van der Waals surface area contributed by atoms with Crippen LogP contribution < -0.4 is 0 Å². The number of carbonyl (C=O) groups excluding carboxylic acids is 1. The van der Waals surface area contributed by atoms with Crippen LogP contribution in [0.2, 0.25) is 0 Å². The largest absolute Gasteiger partial charge is 0.507 e. The molecular weight excluding hydrogens is 308 g/mol. The van der Waals surface area contributed by atoms with E-state index >= 15 is 0 Å². The summed E-state index contributed by atoms with van der Waals surface area (Å²) in [5.74, 6) is -0.129. The van der Waals surface area contributed by atoms with Crippen LogP contribution in [0.4, 0.5) is 0 Å². The van der Waals surface area contributed by atoms with Gasteiger partial charge in [-0.25, -0.2) is 0 Å². The average Bonchev–Trinajstić information content (AvgIpc) is 2.66. The molecule has 0 aliphatic carbocycles. The number of hydrogen-bond donors (Lipinski definition) is 1. The quantitative estimate of drug-likeness (QED) is 0.343. The van der Waals surface area contributed by atoms with Gasteiger partial charge in [-0.1, -0.05) is 72.8 Å². The van der Waals surface area contributed by atoms with E-state index in [-0.39, 0.29) is 11.5 Å². The van der Waals surface area contributed by atoms with Gasteiger partial charge in [0.2, 0.25) is 0 Å². The zero-order chi connectivity index (χ0) is 17.0. The van der Waals surface area contributed by atoms with Crippen LogP contribution in [0.25, 0.3) is 32.3 Å². The third kappa shape index (κ3) is 1.94. The van der Waals surface area contributed by atoms with Crippen LogP contribution in [-0.4, -0.2) is 10.9 Å². The summed E-state index contributed by atoms with van der Waals surface area (Å²) < 4.78 is 0. The Labute approximate surface area is 144 Å².